The van der Waals surface area contributed by atoms with Gasteiger partial charge < -0.3 is 14.8 Å². The summed E-state index contributed by atoms with van der Waals surface area (Å²) < 4.78 is 49.5. The van der Waals surface area contributed by atoms with Crippen LogP contribution >= 0.6 is 15.9 Å². The van der Waals surface area contributed by atoms with Gasteiger partial charge in [-0.05, 0) is 53.2 Å². The van der Waals surface area contributed by atoms with Crippen molar-refractivity contribution in [2.75, 3.05) is 12.4 Å². The Morgan fingerprint density at radius 3 is 2.41 bits per heavy atom. The van der Waals surface area contributed by atoms with Gasteiger partial charge >= 0.3 is 12.1 Å². The number of amides is 1. The first-order valence-corrected chi connectivity index (χ1v) is 8.44. The van der Waals surface area contributed by atoms with Crippen LogP contribution in [-0.4, -0.2) is 25.1 Å². The third-order valence-electron chi connectivity index (χ3n) is 3.52. The van der Waals surface area contributed by atoms with Crippen molar-refractivity contribution in [1.82, 2.24) is 0 Å². The van der Waals surface area contributed by atoms with Crippen molar-refractivity contribution in [3.63, 3.8) is 0 Å². The van der Waals surface area contributed by atoms with Crippen molar-refractivity contribution in [3.05, 3.63) is 58.1 Å². The van der Waals surface area contributed by atoms with Crippen LogP contribution in [0, 0.1) is 0 Å². The minimum atomic E-state index is -4.60. The first kappa shape index (κ1) is 20.8. The average Bonchev–Trinajstić information content (AvgIpc) is 2.62. The van der Waals surface area contributed by atoms with Gasteiger partial charge in [-0.25, -0.2) is 4.79 Å². The highest BCUT2D eigenvalue weighted by molar-refractivity contribution is 9.10. The second-order valence-electron chi connectivity index (χ2n) is 5.43. The smallest absolute Gasteiger partial charge is 0.418 e. The molecule has 0 heterocycles. The molecule has 2 aromatic carbocycles. The second-order valence-corrected chi connectivity index (χ2v) is 6.28. The Kier molecular flexibility index (Phi) is 6.48. The molecule has 9 heteroatoms. The lowest BCUT2D eigenvalue weighted by atomic mass is 10.1. The van der Waals surface area contributed by atoms with Crippen molar-refractivity contribution in [3.8, 4) is 5.75 Å². The lowest BCUT2D eigenvalue weighted by molar-refractivity contribution is -0.137. The van der Waals surface area contributed by atoms with Crippen LogP contribution in [0.5, 0.6) is 5.75 Å². The Morgan fingerprint density at radius 1 is 1.15 bits per heavy atom. The summed E-state index contributed by atoms with van der Waals surface area (Å²) in [6, 6.07) is 9.00. The van der Waals surface area contributed by atoms with Gasteiger partial charge in [-0.1, -0.05) is 12.1 Å². The number of hydrogen-bond acceptors (Lipinski definition) is 4. The number of benzene rings is 2. The van der Waals surface area contributed by atoms with Crippen molar-refractivity contribution in [1.29, 1.82) is 0 Å². The van der Waals surface area contributed by atoms with E-state index >= 15 is 0 Å². The Balaban J connectivity index is 2.12. The van der Waals surface area contributed by atoms with Gasteiger partial charge in [0.1, 0.15) is 5.75 Å². The van der Waals surface area contributed by atoms with Crippen LogP contribution in [0.2, 0.25) is 0 Å². The molecule has 0 saturated carbocycles. The number of ether oxygens (including phenoxy) is 2. The van der Waals surface area contributed by atoms with E-state index in [4.69, 9.17) is 4.74 Å². The number of rotatable bonds is 5. The molecule has 1 atom stereocenters. The van der Waals surface area contributed by atoms with E-state index in [1.165, 1.54) is 44.4 Å². The number of hydrogen-bond donors (Lipinski definition) is 1. The van der Waals surface area contributed by atoms with Crippen LogP contribution in [0.3, 0.4) is 0 Å². The van der Waals surface area contributed by atoms with E-state index in [9.17, 15) is 22.8 Å². The summed E-state index contributed by atoms with van der Waals surface area (Å²) in [5.74, 6) is -1.05. The number of alkyl halides is 3. The summed E-state index contributed by atoms with van der Waals surface area (Å²) in [5.41, 5.74) is -1.03. The molecule has 1 amide bonds. The molecule has 144 valence electrons. The number of nitrogens with one attached hydrogen (secondary N) is 1. The van der Waals surface area contributed by atoms with E-state index < -0.39 is 29.7 Å². The minimum Gasteiger partial charge on any atom is -0.480 e. The molecular weight excluding hydrogens is 431 g/mol. The van der Waals surface area contributed by atoms with Gasteiger partial charge in [-0.15, -0.1) is 0 Å². The Hall–Kier alpha value is -2.55. The largest absolute Gasteiger partial charge is 0.480 e. The van der Waals surface area contributed by atoms with Gasteiger partial charge in [0.05, 0.1) is 28.4 Å². The number of halogens is 4. The van der Waals surface area contributed by atoms with Gasteiger partial charge in [-0.2, -0.15) is 13.2 Å². The lowest BCUT2D eigenvalue weighted by Gasteiger charge is -2.18. The standard InChI is InChI=1S/C18H15BrF3NO4/c1-10(27-15-8-7-11(9-13(15)19)17(25)26-2)16(24)23-14-6-4-3-5-12(14)18(20,21)22/h3-10H,1-2H3,(H,23,24)/t10-/m1/s1. The van der Waals surface area contributed by atoms with Gasteiger partial charge in [0.15, 0.2) is 6.10 Å². The molecule has 0 aliphatic rings. The number of carbonyl (C=O) groups is 2. The fourth-order valence-electron chi connectivity index (χ4n) is 2.16. The van der Waals surface area contributed by atoms with E-state index in [0.29, 0.717) is 4.47 Å². The molecule has 2 aromatic rings. The first-order chi connectivity index (χ1) is 12.6. The second kappa shape index (κ2) is 8.43. The zero-order chi connectivity index (χ0) is 20.2. The van der Waals surface area contributed by atoms with Crippen molar-refractivity contribution < 1.29 is 32.2 Å². The fourth-order valence-corrected chi connectivity index (χ4v) is 2.63. The number of esters is 1. The molecular formula is C18H15BrF3NO4. The molecule has 0 aromatic heterocycles. The summed E-state index contributed by atoms with van der Waals surface area (Å²) in [6.07, 6.45) is -5.69. The SMILES string of the molecule is COC(=O)c1ccc(O[C@H](C)C(=O)Nc2ccccc2C(F)(F)F)c(Br)c1. The zero-order valence-corrected chi connectivity index (χ0v) is 15.8. The molecule has 0 fully saturated rings. The number of anilines is 1. The number of para-hydroxylation sites is 1. The Labute approximate surface area is 161 Å². The topological polar surface area (TPSA) is 64.6 Å². The number of methoxy groups -OCH3 is 1. The van der Waals surface area contributed by atoms with Crippen molar-refractivity contribution in [2.24, 2.45) is 0 Å². The van der Waals surface area contributed by atoms with Crippen LogP contribution in [0.15, 0.2) is 46.9 Å². The summed E-state index contributed by atoms with van der Waals surface area (Å²) in [7, 11) is 1.24. The molecule has 0 aliphatic heterocycles. The molecule has 0 unspecified atom stereocenters. The van der Waals surface area contributed by atoms with Gasteiger partial charge in [0.2, 0.25) is 0 Å². The third-order valence-corrected chi connectivity index (χ3v) is 4.14. The molecule has 5 nitrogen and oxygen atoms in total. The summed E-state index contributed by atoms with van der Waals surface area (Å²) >= 11 is 3.21. The highest BCUT2D eigenvalue weighted by Gasteiger charge is 2.34. The molecule has 0 aliphatic carbocycles. The molecule has 0 saturated heterocycles. The summed E-state index contributed by atoms with van der Waals surface area (Å²) in [4.78, 5) is 23.7. The molecule has 0 spiro atoms. The maximum Gasteiger partial charge on any atom is 0.418 e. The third kappa shape index (κ3) is 5.22. The maximum absolute atomic E-state index is 13.0. The normalized spacial score (nSPS) is 12.2. The van der Waals surface area contributed by atoms with Crippen LogP contribution in [0.1, 0.15) is 22.8 Å². The van der Waals surface area contributed by atoms with Crippen LogP contribution < -0.4 is 10.1 Å². The predicted octanol–water partition coefficient (Wildman–Crippen LogP) is 4.66. The van der Waals surface area contributed by atoms with Gasteiger partial charge in [0, 0.05) is 0 Å². The molecule has 1 N–H and O–H groups in total. The predicted molar refractivity (Wildman–Crippen MR) is 95.6 cm³/mol. The van der Waals surface area contributed by atoms with Crippen LogP contribution in [0.25, 0.3) is 0 Å². The molecule has 27 heavy (non-hydrogen) atoms. The van der Waals surface area contributed by atoms with E-state index in [1.54, 1.807) is 0 Å². The van der Waals surface area contributed by atoms with Crippen LogP contribution in [-0.2, 0) is 15.7 Å². The monoisotopic (exact) mass is 445 g/mol. The minimum absolute atomic E-state index is 0.245. The fraction of sp³-hybridized carbons (Fsp3) is 0.222. The van der Waals surface area contributed by atoms with E-state index in [0.717, 1.165) is 12.1 Å². The molecule has 0 bridgehead atoms. The maximum atomic E-state index is 13.0. The Morgan fingerprint density at radius 2 is 1.81 bits per heavy atom. The molecule has 0 radical (unpaired) electrons. The Bertz CT molecular complexity index is 855. The average molecular weight is 446 g/mol. The molecule has 2 rings (SSSR count). The first-order valence-electron chi connectivity index (χ1n) is 7.65. The highest BCUT2D eigenvalue weighted by atomic mass is 79.9. The van der Waals surface area contributed by atoms with Crippen molar-refractivity contribution in [2.45, 2.75) is 19.2 Å². The van der Waals surface area contributed by atoms with Gasteiger partial charge in [0.25, 0.3) is 5.91 Å². The van der Waals surface area contributed by atoms with Crippen LogP contribution in [0.4, 0.5) is 18.9 Å². The van der Waals surface area contributed by atoms with Gasteiger partial charge in [-0.3, -0.25) is 4.79 Å². The lowest BCUT2D eigenvalue weighted by Crippen LogP contribution is -2.31. The van der Waals surface area contributed by atoms with E-state index in [1.807, 2.05) is 0 Å². The van der Waals surface area contributed by atoms with E-state index in [2.05, 4.69) is 26.0 Å². The summed E-state index contributed by atoms with van der Waals surface area (Å²) in [5, 5.41) is 2.22. The number of carbonyl (C=O) groups excluding carboxylic acids is 2. The van der Waals surface area contributed by atoms with E-state index in [-0.39, 0.29) is 17.0 Å². The summed E-state index contributed by atoms with van der Waals surface area (Å²) in [6.45, 7) is 1.40. The van der Waals surface area contributed by atoms with Crippen molar-refractivity contribution >= 4 is 33.5 Å². The zero-order valence-electron chi connectivity index (χ0n) is 14.3. The quantitative estimate of drug-likeness (QED) is 0.679. The highest BCUT2D eigenvalue weighted by Crippen LogP contribution is 2.34.